The Bertz CT molecular complexity index is 523. The van der Waals surface area contributed by atoms with Gasteiger partial charge in [0.15, 0.2) is 9.84 Å². The van der Waals surface area contributed by atoms with E-state index in [0.29, 0.717) is 17.8 Å². The van der Waals surface area contributed by atoms with Gasteiger partial charge in [0.05, 0.1) is 5.75 Å². The minimum absolute atomic E-state index is 0.0603. The third-order valence-corrected chi connectivity index (χ3v) is 4.40. The highest BCUT2D eigenvalue weighted by Gasteiger charge is 2.19. The summed E-state index contributed by atoms with van der Waals surface area (Å²) in [6.07, 6.45) is 1.38. The minimum atomic E-state index is -3.32. The van der Waals surface area contributed by atoms with Gasteiger partial charge >= 0.3 is 0 Å². The fraction of sp³-hybridized carbons (Fsp3) is 0.462. The van der Waals surface area contributed by atoms with E-state index in [4.69, 9.17) is 5.73 Å². The van der Waals surface area contributed by atoms with Crippen molar-refractivity contribution in [2.75, 3.05) is 29.2 Å². The van der Waals surface area contributed by atoms with Crippen molar-refractivity contribution in [1.82, 2.24) is 0 Å². The third kappa shape index (κ3) is 4.90. The normalized spacial score (nSPS) is 11.3. The molecule has 1 aromatic carbocycles. The number of unbranched alkanes of at least 4 members (excludes halogenated alkanes) is 1. The first-order valence-electron chi connectivity index (χ1n) is 6.18. The summed E-state index contributed by atoms with van der Waals surface area (Å²) >= 11 is 0. The van der Waals surface area contributed by atoms with Gasteiger partial charge in [-0.05, 0) is 30.7 Å². The van der Waals surface area contributed by atoms with Gasteiger partial charge in [-0.1, -0.05) is 13.3 Å². The van der Waals surface area contributed by atoms with E-state index in [1.807, 2.05) is 6.92 Å². The molecule has 5 nitrogen and oxygen atoms in total. The molecule has 0 fully saturated rings. The molecule has 0 aliphatic carbocycles. The van der Waals surface area contributed by atoms with E-state index < -0.39 is 21.5 Å². The topological polar surface area (TPSA) is 80.5 Å². The predicted molar refractivity (Wildman–Crippen MR) is 77.8 cm³/mol. The Hall–Kier alpha value is -1.56. The van der Waals surface area contributed by atoms with Crippen LogP contribution in [0.25, 0.3) is 0 Å². The van der Waals surface area contributed by atoms with Crippen LogP contribution in [-0.2, 0) is 14.6 Å². The Labute approximate surface area is 114 Å². The van der Waals surface area contributed by atoms with Gasteiger partial charge in [-0.3, -0.25) is 4.79 Å². The van der Waals surface area contributed by atoms with Gasteiger partial charge in [-0.15, -0.1) is 0 Å². The minimum Gasteiger partial charge on any atom is -0.399 e. The monoisotopic (exact) mass is 284 g/mol. The standard InChI is InChI=1S/C13H20N2O3S/c1-3-4-9-19(17,18)10-13(16)15(2)12-7-5-11(14)6-8-12/h5-8H,3-4,9-10,14H2,1-2H3. The molecule has 0 aromatic heterocycles. The molecule has 0 spiro atoms. The summed E-state index contributed by atoms with van der Waals surface area (Å²) in [6, 6.07) is 6.72. The number of benzene rings is 1. The lowest BCUT2D eigenvalue weighted by atomic mass is 10.2. The maximum Gasteiger partial charge on any atom is 0.241 e. The van der Waals surface area contributed by atoms with Crippen molar-refractivity contribution in [2.24, 2.45) is 0 Å². The van der Waals surface area contributed by atoms with Crippen LogP contribution in [0.5, 0.6) is 0 Å². The van der Waals surface area contributed by atoms with E-state index in [0.717, 1.165) is 6.42 Å². The molecule has 1 amide bonds. The fourth-order valence-corrected chi connectivity index (χ4v) is 3.01. The van der Waals surface area contributed by atoms with E-state index >= 15 is 0 Å². The van der Waals surface area contributed by atoms with E-state index in [1.54, 1.807) is 31.3 Å². The molecular formula is C13H20N2O3S. The van der Waals surface area contributed by atoms with Crippen LogP contribution in [0.2, 0.25) is 0 Å². The summed E-state index contributed by atoms with van der Waals surface area (Å²) in [6.45, 7) is 1.91. The lowest BCUT2D eigenvalue weighted by molar-refractivity contribution is -0.115. The number of nitrogens with two attached hydrogens (primary N) is 1. The molecule has 1 rings (SSSR count). The number of sulfone groups is 1. The molecule has 0 bridgehead atoms. The summed E-state index contributed by atoms with van der Waals surface area (Å²) in [5.41, 5.74) is 6.79. The van der Waals surface area contributed by atoms with E-state index in [2.05, 4.69) is 0 Å². The highest BCUT2D eigenvalue weighted by molar-refractivity contribution is 7.92. The lowest BCUT2D eigenvalue weighted by Gasteiger charge is -2.17. The zero-order valence-electron chi connectivity index (χ0n) is 11.3. The molecule has 0 heterocycles. The van der Waals surface area contributed by atoms with Crippen LogP contribution in [-0.4, -0.2) is 32.9 Å². The fourth-order valence-electron chi connectivity index (χ4n) is 1.56. The molecule has 0 saturated carbocycles. The smallest absolute Gasteiger partial charge is 0.241 e. The van der Waals surface area contributed by atoms with Crippen molar-refractivity contribution in [3.63, 3.8) is 0 Å². The molecular weight excluding hydrogens is 264 g/mol. The van der Waals surface area contributed by atoms with Crippen LogP contribution in [0, 0.1) is 0 Å². The number of nitrogens with zero attached hydrogens (tertiary/aromatic N) is 1. The van der Waals surface area contributed by atoms with Gasteiger partial charge in [0.1, 0.15) is 5.75 Å². The predicted octanol–water partition coefficient (Wildman–Crippen LogP) is 1.45. The van der Waals surface area contributed by atoms with Gasteiger partial charge < -0.3 is 10.6 Å². The number of hydrogen-bond donors (Lipinski definition) is 1. The van der Waals surface area contributed by atoms with Crippen LogP contribution >= 0.6 is 0 Å². The Morgan fingerprint density at radius 3 is 2.37 bits per heavy atom. The number of carbonyl (C=O) groups excluding carboxylic acids is 1. The second-order valence-corrected chi connectivity index (χ2v) is 6.67. The summed E-state index contributed by atoms with van der Waals surface area (Å²) < 4.78 is 23.4. The first kappa shape index (κ1) is 15.5. The van der Waals surface area contributed by atoms with Crippen molar-refractivity contribution in [3.8, 4) is 0 Å². The maximum atomic E-state index is 11.9. The van der Waals surface area contributed by atoms with Crippen molar-refractivity contribution < 1.29 is 13.2 Å². The Morgan fingerprint density at radius 1 is 1.26 bits per heavy atom. The number of carbonyl (C=O) groups is 1. The molecule has 0 atom stereocenters. The quantitative estimate of drug-likeness (QED) is 0.802. The first-order chi connectivity index (χ1) is 8.85. The average Bonchev–Trinajstić information content (AvgIpc) is 2.36. The number of amides is 1. The van der Waals surface area contributed by atoms with Gasteiger partial charge in [0, 0.05) is 18.4 Å². The largest absolute Gasteiger partial charge is 0.399 e. The maximum absolute atomic E-state index is 11.9. The Kier molecular flexibility index (Phi) is 5.35. The molecule has 0 radical (unpaired) electrons. The summed E-state index contributed by atoms with van der Waals surface area (Å²) in [7, 11) is -1.76. The summed E-state index contributed by atoms with van der Waals surface area (Å²) in [5, 5.41) is 0. The van der Waals surface area contributed by atoms with Crippen molar-refractivity contribution in [3.05, 3.63) is 24.3 Å². The molecule has 0 saturated heterocycles. The van der Waals surface area contributed by atoms with E-state index in [9.17, 15) is 13.2 Å². The van der Waals surface area contributed by atoms with Gasteiger partial charge in [-0.2, -0.15) is 0 Å². The molecule has 0 unspecified atom stereocenters. The highest BCUT2D eigenvalue weighted by Crippen LogP contribution is 2.15. The van der Waals surface area contributed by atoms with Crippen molar-refractivity contribution in [2.45, 2.75) is 19.8 Å². The van der Waals surface area contributed by atoms with Crippen LogP contribution < -0.4 is 10.6 Å². The Balaban J connectivity index is 2.70. The molecule has 0 aliphatic heterocycles. The number of nitrogen functional groups attached to an aromatic ring is 1. The van der Waals surface area contributed by atoms with Gasteiger partial charge in [0.2, 0.25) is 5.91 Å². The summed E-state index contributed by atoms with van der Waals surface area (Å²) in [5.74, 6) is -0.820. The SMILES string of the molecule is CCCCS(=O)(=O)CC(=O)N(C)c1ccc(N)cc1. The van der Waals surface area contributed by atoms with Crippen molar-refractivity contribution >= 4 is 27.1 Å². The number of rotatable bonds is 6. The van der Waals surface area contributed by atoms with Gasteiger partial charge in [0.25, 0.3) is 0 Å². The first-order valence-corrected chi connectivity index (χ1v) is 8.00. The van der Waals surface area contributed by atoms with E-state index in [-0.39, 0.29) is 5.75 Å². The third-order valence-electron chi connectivity index (χ3n) is 2.81. The molecule has 106 valence electrons. The molecule has 2 N–H and O–H groups in total. The van der Waals surface area contributed by atoms with Gasteiger partial charge in [-0.25, -0.2) is 8.42 Å². The van der Waals surface area contributed by atoms with Crippen molar-refractivity contribution in [1.29, 1.82) is 0 Å². The molecule has 6 heteroatoms. The zero-order chi connectivity index (χ0) is 14.5. The molecule has 0 aliphatic rings. The van der Waals surface area contributed by atoms with Crippen LogP contribution in [0.1, 0.15) is 19.8 Å². The van der Waals surface area contributed by atoms with Crippen LogP contribution in [0.3, 0.4) is 0 Å². The zero-order valence-corrected chi connectivity index (χ0v) is 12.1. The second-order valence-electron chi connectivity index (χ2n) is 4.49. The molecule has 1 aromatic rings. The number of hydrogen-bond acceptors (Lipinski definition) is 4. The number of anilines is 2. The lowest BCUT2D eigenvalue weighted by Crippen LogP contribution is -2.33. The van der Waals surface area contributed by atoms with E-state index in [1.165, 1.54) is 4.90 Å². The van der Waals surface area contributed by atoms with Crippen LogP contribution in [0.15, 0.2) is 24.3 Å². The summed E-state index contributed by atoms with van der Waals surface area (Å²) in [4.78, 5) is 13.3. The highest BCUT2D eigenvalue weighted by atomic mass is 32.2. The average molecular weight is 284 g/mol. The van der Waals surface area contributed by atoms with Crippen LogP contribution in [0.4, 0.5) is 11.4 Å². The molecule has 19 heavy (non-hydrogen) atoms. The Morgan fingerprint density at radius 2 is 1.84 bits per heavy atom. The second kappa shape index (κ2) is 6.56.